The van der Waals surface area contributed by atoms with Gasteiger partial charge in [0.05, 0.1) is 0 Å². The molecule has 1 rings (SSSR count). The van der Waals surface area contributed by atoms with Crippen LogP contribution in [-0.4, -0.2) is 31.7 Å². The summed E-state index contributed by atoms with van der Waals surface area (Å²) in [6, 6.07) is 1.57. The average Bonchev–Trinajstić information content (AvgIpc) is 2.67. The molecule has 1 heterocycles. The lowest BCUT2D eigenvalue weighted by Crippen LogP contribution is -2.23. The molecule has 0 aromatic rings. The molecule has 0 saturated carbocycles. The van der Waals surface area contributed by atoms with Crippen molar-refractivity contribution < 1.29 is 0 Å². The molecule has 1 fully saturated rings. The summed E-state index contributed by atoms with van der Waals surface area (Å²) in [5.74, 6) is 0. The first-order chi connectivity index (χ1) is 5.34. The Bertz CT molecular complexity index is 106. The van der Waals surface area contributed by atoms with Crippen molar-refractivity contribution in [2.24, 2.45) is 5.73 Å². The fraction of sp³-hybridized carbons (Fsp3) is 1.00. The summed E-state index contributed by atoms with van der Waals surface area (Å²) in [5.41, 5.74) is 5.33. The minimum atomic E-state index is 0.748. The van der Waals surface area contributed by atoms with Crippen molar-refractivity contribution in [3.05, 3.63) is 0 Å². The van der Waals surface area contributed by atoms with Crippen LogP contribution in [0.3, 0.4) is 0 Å². The van der Waals surface area contributed by atoms with E-state index < -0.39 is 0 Å². The molecule has 2 atom stereocenters. The van der Waals surface area contributed by atoms with Gasteiger partial charge in [0.15, 0.2) is 0 Å². The molecule has 4 N–H and O–H groups in total. The number of hydrogen-bond acceptors (Lipinski definition) is 3. The van der Waals surface area contributed by atoms with Crippen molar-refractivity contribution in [2.45, 2.75) is 31.8 Å². The lowest BCUT2D eigenvalue weighted by molar-refractivity contribution is 0.619. The van der Waals surface area contributed by atoms with Crippen LogP contribution in [-0.2, 0) is 0 Å². The maximum atomic E-state index is 5.33. The van der Waals surface area contributed by atoms with Crippen LogP contribution in [0.5, 0.6) is 0 Å². The highest BCUT2D eigenvalue weighted by Crippen LogP contribution is 2.14. The molecule has 3 nitrogen and oxygen atoms in total. The Kier molecular flexibility index (Phi) is 3.83. The maximum absolute atomic E-state index is 5.33. The largest absolute Gasteiger partial charge is 0.329 e. The van der Waals surface area contributed by atoms with Gasteiger partial charge in [-0.25, -0.2) is 0 Å². The van der Waals surface area contributed by atoms with Crippen LogP contribution >= 0.6 is 0 Å². The van der Waals surface area contributed by atoms with Crippen LogP contribution < -0.4 is 16.4 Å². The summed E-state index contributed by atoms with van der Waals surface area (Å²) in [6.07, 6.45) is 2.57. The lowest BCUT2D eigenvalue weighted by atomic mass is 10.2. The van der Waals surface area contributed by atoms with Gasteiger partial charge in [0, 0.05) is 25.2 Å². The predicted molar refractivity (Wildman–Crippen MR) is 47.5 cm³/mol. The highest BCUT2D eigenvalue weighted by molar-refractivity contribution is 4.93. The Morgan fingerprint density at radius 3 is 2.73 bits per heavy atom. The molecule has 1 aliphatic heterocycles. The minimum Gasteiger partial charge on any atom is -0.329 e. The third kappa shape index (κ3) is 3.70. The molecule has 0 aliphatic carbocycles. The smallest absolute Gasteiger partial charge is 0.0222 e. The van der Waals surface area contributed by atoms with Gasteiger partial charge in [-0.1, -0.05) is 0 Å². The second kappa shape index (κ2) is 4.70. The molecule has 11 heavy (non-hydrogen) atoms. The molecule has 0 spiro atoms. The van der Waals surface area contributed by atoms with Gasteiger partial charge in [-0.3, -0.25) is 0 Å². The highest BCUT2D eigenvalue weighted by Gasteiger charge is 2.29. The zero-order valence-electron chi connectivity index (χ0n) is 7.27. The second-order valence-corrected chi connectivity index (χ2v) is 3.24. The summed E-state index contributed by atoms with van der Waals surface area (Å²) in [5, 5.41) is 6.65. The zero-order chi connectivity index (χ0) is 8.10. The first kappa shape index (κ1) is 8.97. The first-order valence-electron chi connectivity index (χ1n) is 4.51. The summed E-state index contributed by atoms with van der Waals surface area (Å²) in [7, 11) is 0. The van der Waals surface area contributed by atoms with Crippen LogP contribution in [0.2, 0.25) is 0 Å². The van der Waals surface area contributed by atoms with E-state index >= 15 is 0 Å². The third-order valence-corrected chi connectivity index (χ3v) is 2.16. The van der Waals surface area contributed by atoms with Crippen molar-refractivity contribution in [1.29, 1.82) is 0 Å². The van der Waals surface area contributed by atoms with E-state index in [9.17, 15) is 0 Å². The Morgan fingerprint density at radius 2 is 2.18 bits per heavy atom. The zero-order valence-corrected chi connectivity index (χ0v) is 7.27. The fourth-order valence-electron chi connectivity index (χ4n) is 1.29. The van der Waals surface area contributed by atoms with E-state index in [1.807, 2.05) is 0 Å². The van der Waals surface area contributed by atoms with Crippen molar-refractivity contribution in [3.63, 3.8) is 0 Å². The third-order valence-electron chi connectivity index (χ3n) is 2.16. The molecule has 0 bridgehead atoms. The molecule has 0 aromatic carbocycles. The Morgan fingerprint density at radius 1 is 1.45 bits per heavy atom. The van der Waals surface area contributed by atoms with Gasteiger partial charge in [0.25, 0.3) is 0 Å². The highest BCUT2D eigenvalue weighted by atomic mass is 15.1. The number of rotatable bonds is 6. The lowest BCUT2D eigenvalue weighted by Gasteiger charge is -2.00. The van der Waals surface area contributed by atoms with Crippen molar-refractivity contribution >= 4 is 0 Å². The molecule has 3 heteroatoms. The maximum Gasteiger partial charge on any atom is 0.0222 e. The summed E-state index contributed by atoms with van der Waals surface area (Å²) < 4.78 is 0. The van der Waals surface area contributed by atoms with E-state index in [0.717, 1.165) is 31.7 Å². The monoisotopic (exact) mass is 157 g/mol. The van der Waals surface area contributed by atoms with Crippen molar-refractivity contribution in [1.82, 2.24) is 10.6 Å². The molecule has 0 amide bonds. The van der Waals surface area contributed by atoms with Gasteiger partial charge in [0.2, 0.25) is 0 Å². The van der Waals surface area contributed by atoms with Gasteiger partial charge in [-0.15, -0.1) is 0 Å². The fourth-order valence-corrected chi connectivity index (χ4v) is 1.29. The standard InChI is InChI=1S/C8H19N3/c1-7-8(11-7)3-2-5-10-6-4-9/h7-8,10-11H,2-6,9H2,1H3. The number of nitrogens with one attached hydrogen (secondary N) is 2. The summed E-state index contributed by atoms with van der Waals surface area (Å²) in [4.78, 5) is 0. The molecule has 0 aromatic heterocycles. The quantitative estimate of drug-likeness (QED) is 0.366. The Hall–Kier alpha value is -0.120. The van der Waals surface area contributed by atoms with E-state index in [-0.39, 0.29) is 0 Å². The number of nitrogens with two attached hydrogens (primary N) is 1. The minimum absolute atomic E-state index is 0.748. The molecule has 66 valence electrons. The van der Waals surface area contributed by atoms with Crippen molar-refractivity contribution in [2.75, 3.05) is 19.6 Å². The van der Waals surface area contributed by atoms with Crippen LogP contribution in [0.4, 0.5) is 0 Å². The molecule has 2 unspecified atom stereocenters. The summed E-state index contributed by atoms with van der Waals surface area (Å²) in [6.45, 7) is 5.05. The van der Waals surface area contributed by atoms with E-state index in [1.54, 1.807) is 0 Å². The second-order valence-electron chi connectivity index (χ2n) is 3.24. The number of hydrogen-bond donors (Lipinski definition) is 3. The summed E-state index contributed by atoms with van der Waals surface area (Å²) >= 11 is 0. The molecule has 1 saturated heterocycles. The van der Waals surface area contributed by atoms with Gasteiger partial charge in [0.1, 0.15) is 0 Å². The predicted octanol–water partition coefficient (Wildman–Crippen LogP) is -0.325. The molecular formula is C8H19N3. The van der Waals surface area contributed by atoms with Crippen LogP contribution in [0, 0.1) is 0 Å². The Balaban J connectivity index is 1.74. The molecular weight excluding hydrogens is 138 g/mol. The topological polar surface area (TPSA) is 60.0 Å². The van der Waals surface area contributed by atoms with Crippen LogP contribution in [0.1, 0.15) is 19.8 Å². The molecule has 1 aliphatic rings. The van der Waals surface area contributed by atoms with Crippen molar-refractivity contribution in [3.8, 4) is 0 Å². The van der Waals surface area contributed by atoms with Gasteiger partial charge >= 0.3 is 0 Å². The average molecular weight is 157 g/mol. The van der Waals surface area contributed by atoms with E-state index in [0.29, 0.717) is 0 Å². The van der Waals surface area contributed by atoms with Crippen LogP contribution in [0.25, 0.3) is 0 Å². The molecule has 0 radical (unpaired) electrons. The van der Waals surface area contributed by atoms with E-state index in [4.69, 9.17) is 5.73 Å². The van der Waals surface area contributed by atoms with Gasteiger partial charge < -0.3 is 16.4 Å². The SMILES string of the molecule is CC1NC1CCCNCCN. The van der Waals surface area contributed by atoms with Gasteiger partial charge in [-0.2, -0.15) is 0 Å². The van der Waals surface area contributed by atoms with E-state index in [1.165, 1.54) is 12.8 Å². The van der Waals surface area contributed by atoms with Crippen LogP contribution in [0.15, 0.2) is 0 Å². The first-order valence-corrected chi connectivity index (χ1v) is 4.51. The Labute approximate surface area is 68.7 Å². The van der Waals surface area contributed by atoms with E-state index in [2.05, 4.69) is 17.6 Å². The normalized spacial score (nSPS) is 28.9. The van der Waals surface area contributed by atoms with Gasteiger partial charge in [-0.05, 0) is 26.3 Å².